The van der Waals surface area contributed by atoms with Gasteiger partial charge in [0.05, 0.1) is 11.1 Å². The first-order valence-corrected chi connectivity index (χ1v) is 8.67. The van der Waals surface area contributed by atoms with Crippen LogP contribution in [0.1, 0.15) is 45.7 Å². The van der Waals surface area contributed by atoms with Crippen LogP contribution in [0.5, 0.6) is 0 Å². The Hall–Kier alpha value is -2.95. The van der Waals surface area contributed by atoms with E-state index in [4.69, 9.17) is 0 Å². The molecule has 5 nitrogen and oxygen atoms in total. The van der Waals surface area contributed by atoms with E-state index in [2.05, 4.69) is 5.32 Å². The summed E-state index contributed by atoms with van der Waals surface area (Å²) in [5.41, 5.74) is 3.29. The van der Waals surface area contributed by atoms with E-state index in [-0.39, 0.29) is 11.8 Å². The number of amides is 3. The van der Waals surface area contributed by atoms with Crippen LogP contribution in [0.15, 0.2) is 42.5 Å². The summed E-state index contributed by atoms with van der Waals surface area (Å²) in [6.45, 7) is 7.49. The lowest BCUT2D eigenvalue weighted by Crippen LogP contribution is -2.50. The molecule has 0 radical (unpaired) electrons. The molecule has 0 aromatic heterocycles. The molecular formula is C21H22N2O3. The first-order valence-electron chi connectivity index (χ1n) is 8.67. The summed E-state index contributed by atoms with van der Waals surface area (Å²) < 4.78 is 0. The molecular weight excluding hydrogens is 328 g/mol. The van der Waals surface area contributed by atoms with E-state index in [1.807, 2.05) is 45.9 Å². The average Bonchev–Trinajstić information content (AvgIpc) is 2.84. The number of para-hydroxylation sites is 1. The summed E-state index contributed by atoms with van der Waals surface area (Å²) in [5.74, 6) is -1.41. The maximum atomic E-state index is 13.0. The molecule has 5 heteroatoms. The first-order chi connectivity index (χ1) is 12.3. The highest BCUT2D eigenvalue weighted by molar-refractivity contribution is 6.23. The maximum Gasteiger partial charge on any atom is 0.262 e. The Kier molecular flexibility index (Phi) is 4.64. The lowest BCUT2D eigenvalue weighted by molar-refractivity contribution is -0.121. The van der Waals surface area contributed by atoms with Crippen LogP contribution < -0.4 is 5.32 Å². The third kappa shape index (κ3) is 2.90. The molecule has 3 rings (SSSR count). The van der Waals surface area contributed by atoms with Gasteiger partial charge in [-0.2, -0.15) is 0 Å². The first kappa shape index (κ1) is 17.9. The number of nitrogens with zero attached hydrogens (tertiary/aromatic N) is 1. The van der Waals surface area contributed by atoms with Crippen molar-refractivity contribution >= 4 is 23.4 Å². The van der Waals surface area contributed by atoms with Crippen molar-refractivity contribution < 1.29 is 14.4 Å². The van der Waals surface area contributed by atoms with E-state index in [9.17, 15) is 14.4 Å². The number of benzene rings is 2. The molecule has 134 valence electrons. The quantitative estimate of drug-likeness (QED) is 0.858. The van der Waals surface area contributed by atoms with Crippen molar-refractivity contribution in [2.24, 2.45) is 5.92 Å². The highest BCUT2D eigenvalue weighted by Crippen LogP contribution is 2.28. The van der Waals surface area contributed by atoms with Crippen LogP contribution in [0.4, 0.5) is 5.69 Å². The molecule has 0 bridgehead atoms. The van der Waals surface area contributed by atoms with Gasteiger partial charge < -0.3 is 5.32 Å². The second-order valence-electron chi connectivity index (χ2n) is 6.97. The second kappa shape index (κ2) is 6.75. The molecule has 2 aromatic rings. The molecule has 1 aliphatic heterocycles. The molecule has 1 atom stereocenters. The lowest BCUT2D eigenvalue weighted by Gasteiger charge is -2.29. The molecule has 0 unspecified atom stereocenters. The zero-order chi connectivity index (χ0) is 19.0. The zero-order valence-corrected chi connectivity index (χ0v) is 15.4. The van der Waals surface area contributed by atoms with E-state index < -0.39 is 17.9 Å². The van der Waals surface area contributed by atoms with Gasteiger partial charge in [-0.15, -0.1) is 0 Å². The third-order valence-electron chi connectivity index (χ3n) is 4.73. The van der Waals surface area contributed by atoms with Crippen LogP contribution in [-0.4, -0.2) is 28.7 Å². The summed E-state index contributed by atoms with van der Waals surface area (Å²) in [4.78, 5) is 39.7. The van der Waals surface area contributed by atoms with Gasteiger partial charge in [0.25, 0.3) is 11.8 Å². The van der Waals surface area contributed by atoms with Gasteiger partial charge in [-0.1, -0.05) is 44.2 Å². The van der Waals surface area contributed by atoms with Crippen LogP contribution in [0, 0.1) is 19.8 Å². The second-order valence-corrected chi connectivity index (χ2v) is 6.97. The highest BCUT2D eigenvalue weighted by atomic mass is 16.2. The van der Waals surface area contributed by atoms with Gasteiger partial charge in [0.15, 0.2) is 0 Å². The number of hydrogen-bond donors (Lipinski definition) is 1. The molecule has 0 spiro atoms. The van der Waals surface area contributed by atoms with Gasteiger partial charge in [-0.25, -0.2) is 0 Å². The molecule has 0 saturated heterocycles. The minimum Gasteiger partial charge on any atom is -0.324 e. The van der Waals surface area contributed by atoms with Gasteiger partial charge in [-0.05, 0) is 43.0 Å². The van der Waals surface area contributed by atoms with Crippen molar-refractivity contribution in [2.75, 3.05) is 5.32 Å². The number of anilines is 1. The summed E-state index contributed by atoms with van der Waals surface area (Å²) in [6.07, 6.45) is 0. The van der Waals surface area contributed by atoms with Crippen LogP contribution in [-0.2, 0) is 4.79 Å². The van der Waals surface area contributed by atoms with Gasteiger partial charge >= 0.3 is 0 Å². The molecule has 1 N–H and O–H groups in total. The average molecular weight is 350 g/mol. The molecule has 3 amide bonds. The normalized spacial score (nSPS) is 14.6. The predicted molar refractivity (Wildman–Crippen MR) is 100 cm³/mol. The zero-order valence-electron chi connectivity index (χ0n) is 15.4. The Bertz CT molecular complexity index is 847. The van der Waals surface area contributed by atoms with Crippen LogP contribution in [0.2, 0.25) is 0 Å². The smallest absolute Gasteiger partial charge is 0.262 e. The van der Waals surface area contributed by atoms with Crippen molar-refractivity contribution in [1.82, 2.24) is 4.90 Å². The van der Waals surface area contributed by atoms with E-state index >= 15 is 0 Å². The van der Waals surface area contributed by atoms with E-state index in [1.165, 1.54) is 0 Å². The molecule has 1 heterocycles. The lowest BCUT2D eigenvalue weighted by atomic mass is 10.0. The molecule has 0 fully saturated rings. The number of nitrogens with one attached hydrogen (secondary N) is 1. The maximum absolute atomic E-state index is 13.0. The number of aryl methyl sites for hydroxylation is 2. The molecule has 2 aromatic carbocycles. The number of carbonyl (C=O) groups is 3. The molecule has 1 aliphatic rings. The monoisotopic (exact) mass is 350 g/mol. The van der Waals surface area contributed by atoms with Gasteiger partial charge in [0, 0.05) is 5.69 Å². The Morgan fingerprint density at radius 1 is 0.885 bits per heavy atom. The number of carbonyl (C=O) groups excluding carboxylic acids is 3. The number of imide groups is 1. The number of fused-ring (bicyclic) bond motifs is 1. The minimum atomic E-state index is -0.874. The standard InChI is InChI=1S/C21H22N2O3/c1-12(2)18(19(24)22-17-13(3)8-7-9-14(17)4)23-20(25)15-10-5-6-11-16(15)21(23)26/h5-12,18H,1-4H3,(H,22,24)/t18-/m0/s1. The predicted octanol–water partition coefficient (Wildman–Crippen LogP) is 3.56. The topological polar surface area (TPSA) is 66.5 Å². The fraction of sp³-hybridized carbons (Fsp3) is 0.286. The van der Waals surface area contributed by atoms with Crippen molar-refractivity contribution in [2.45, 2.75) is 33.7 Å². The SMILES string of the molecule is Cc1cccc(C)c1NC(=O)[C@H](C(C)C)N1C(=O)c2ccccc2C1=O. The highest BCUT2D eigenvalue weighted by Gasteiger charge is 2.43. The van der Waals surface area contributed by atoms with E-state index in [0.717, 1.165) is 21.7 Å². The Morgan fingerprint density at radius 3 is 1.85 bits per heavy atom. The van der Waals surface area contributed by atoms with Gasteiger partial charge in [-0.3, -0.25) is 19.3 Å². The molecule has 0 aliphatic carbocycles. The third-order valence-corrected chi connectivity index (χ3v) is 4.73. The van der Waals surface area contributed by atoms with Crippen LogP contribution in [0.25, 0.3) is 0 Å². The van der Waals surface area contributed by atoms with Crippen molar-refractivity contribution in [1.29, 1.82) is 0 Å². The Morgan fingerprint density at radius 2 is 1.38 bits per heavy atom. The van der Waals surface area contributed by atoms with Crippen LogP contribution in [0.3, 0.4) is 0 Å². The van der Waals surface area contributed by atoms with Crippen molar-refractivity contribution in [3.63, 3.8) is 0 Å². The summed E-state index contributed by atoms with van der Waals surface area (Å²) in [7, 11) is 0. The summed E-state index contributed by atoms with van der Waals surface area (Å²) in [6, 6.07) is 11.5. The minimum absolute atomic E-state index is 0.221. The molecule has 0 saturated carbocycles. The largest absolute Gasteiger partial charge is 0.324 e. The Labute approximate surface area is 153 Å². The van der Waals surface area contributed by atoms with Crippen molar-refractivity contribution in [3.8, 4) is 0 Å². The molecule has 26 heavy (non-hydrogen) atoms. The van der Waals surface area contributed by atoms with E-state index in [0.29, 0.717) is 11.1 Å². The summed E-state index contributed by atoms with van der Waals surface area (Å²) in [5, 5.41) is 2.92. The number of rotatable bonds is 4. The van der Waals surface area contributed by atoms with Crippen molar-refractivity contribution in [3.05, 3.63) is 64.7 Å². The van der Waals surface area contributed by atoms with Gasteiger partial charge in [0.1, 0.15) is 6.04 Å². The Balaban J connectivity index is 1.95. The summed E-state index contributed by atoms with van der Waals surface area (Å²) >= 11 is 0. The van der Waals surface area contributed by atoms with Gasteiger partial charge in [0.2, 0.25) is 5.91 Å². The van der Waals surface area contributed by atoms with Crippen LogP contribution >= 0.6 is 0 Å². The number of hydrogen-bond acceptors (Lipinski definition) is 3. The van der Waals surface area contributed by atoms with E-state index in [1.54, 1.807) is 24.3 Å². The fourth-order valence-corrected chi connectivity index (χ4v) is 3.39. The fourth-order valence-electron chi connectivity index (χ4n) is 3.39.